The van der Waals surface area contributed by atoms with Gasteiger partial charge in [-0.05, 0) is 43.0 Å². The summed E-state index contributed by atoms with van der Waals surface area (Å²) in [6, 6.07) is 7.32. The second-order valence-corrected chi connectivity index (χ2v) is 5.33. The van der Waals surface area contributed by atoms with Crippen molar-refractivity contribution in [1.29, 1.82) is 0 Å². The Kier molecular flexibility index (Phi) is 4.90. The van der Waals surface area contributed by atoms with Crippen LogP contribution in [0.3, 0.4) is 0 Å². The standard InChI is InChI=1S/C16H21NO3/c1-11(10-15(18)14-4-3-9-17-14)12-5-7-13(8-6-12)16(19)20-2/h5-8,11,14,17H,3-4,9-10H2,1-2H3/t11-,14-/m1/s1. The van der Waals surface area contributed by atoms with Crippen LogP contribution in [0.2, 0.25) is 0 Å². The maximum Gasteiger partial charge on any atom is 0.337 e. The highest BCUT2D eigenvalue weighted by Gasteiger charge is 2.23. The van der Waals surface area contributed by atoms with Crippen LogP contribution in [0.25, 0.3) is 0 Å². The fraction of sp³-hybridized carbons (Fsp3) is 0.500. The summed E-state index contributed by atoms with van der Waals surface area (Å²) in [7, 11) is 1.37. The number of ketones is 1. The Bertz CT molecular complexity index is 475. The normalized spacial score (nSPS) is 19.6. The molecule has 0 bridgehead atoms. The summed E-state index contributed by atoms with van der Waals surface area (Å²) in [5, 5.41) is 3.23. The second-order valence-electron chi connectivity index (χ2n) is 5.33. The molecule has 2 atom stereocenters. The molecule has 20 heavy (non-hydrogen) atoms. The topological polar surface area (TPSA) is 55.4 Å². The number of nitrogens with one attached hydrogen (secondary N) is 1. The summed E-state index contributed by atoms with van der Waals surface area (Å²) in [5.74, 6) is 0.110. The molecule has 0 aliphatic carbocycles. The van der Waals surface area contributed by atoms with Crippen molar-refractivity contribution < 1.29 is 14.3 Å². The van der Waals surface area contributed by atoms with Crippen LogP contribution in [0.5, 0.6) is 0 Å². The van der Waals surface area contributed by atoms with Gasteiger partial charge >= 0.3 is 5.97 Å². The van der Waals surface area contributed by atoms with Crippen LogP contribution < -0.4 is 5.32 Å². The Balaban J connectivity index is 1.96. The molecular weight excluding hydrogens is 254 g/mol. The van der Waals surface area contributed by atoms with Crippen LogP contribution in [0.4, 0.5) is 0 Å². The molecule has 4 heteroatoms. The lowest BCUT2D eigenvalue weighted by Gasteiger charge is -2.15. The van der Waals surface area contributed by atoms with E-state index in [0.717, 1.165) is 24.9 Å². The molecule has 1 aliphatic heterocycles. The van der Waals surface area contributed by atoms with Gasteiger partial charge in [0.25, 0.3) is 0 Å². The zero-order valence-corrected chi connectivity index (χ0v) is 12.0. The molecule has 0 amide bonds. The predicted molar refractivity (Wildman–Crippen MR) is 76.8 cm³/mol. The van der Waals surface area contributed by atoms with Crippen molar-refractivity contribution in [3.63, 3.8) is 0 Å². The maximum absolute atomic E-state index is 12.1. The van der Waals surface area contributed by atoms with Gasteiger partial charge in [0.2, 0.25) is 0 Å². The van der Waals surface area contributed by atoms with Gasteiger partial charge in [0, 0.05) is 6.42 Å². The van der Waals surface area contributed by atoms with Gasteiger partial charge in [-0.25, -0.2) is 4.79 Å². The van der Waals surface area contributed by atoms with Crippen molar-refractivity contribution in [2.24, 2.45) is 0 Å². The van der Waals surface area contributed by atoms with E-state index in [0.29, 0.717) is 12.0 Å². The first-order chi connectivity index (χ1) is 9.61. The van der Waals surface area contributed by atoms with Crippen molar-refractivity contribution in [3.05, 3.63) is 35.4 Å². The molecule has 1 aromatic carbocycles. The van der Waals surface area contributed by atoms with Gasteiger partial charge in [0.15, 0.2) is 0 Å². The van der Waals surface area contributed by atoms with Crippen molar-refractivity contribution in [2.45, 2.75) is 38.1 Å². The van der Waals surface area contributed by atoms with Gasteiger partial charge in [0.1, 0.15) is 5.78 Å². The van der Waals surface area contributed by atoms with Crippen LogP contribution >= 0.6 is 0 Å². The molecule has 1 aliphatic rings. The minimum Gasteiger partial charge on any atom is -0.465 e. The molecule has 108 valence electrons. The first kappa shape index (κ1) is 14.7. The average Bonchev–Trinajstić information content (AvgIpc) is 3.01. The highest BCUT2D eigenvalue weighted by Crippen LogP contribution is 2.22. The Morgan fingerprint density at radius 3 is 2.60 bits per heavy atom. The van der Waals surface area contributed by atoms with Crippen molar-refractivity contribution in [2.75, 3.05) is 13.7 Å². The Morgan fingerprint density at radius 2 is 2.05 bits per heavy atom. The van der Waals surface area contributed by atoms with E-state index in [-0.39, 0.29) is 23.7 Å². The van der Waals surface area contributed by atoms with E-state index < -0.39 is 0 Å². The van der Waals surface area contributed by atoms with Crippen LogP contribution in [-0.2, 0) is 9.53 Å². The zero-order valence-electron chi connectivity index (χ0n) is 12.0. The van der Waals surface area contributed by atoms with E-state index in [2.05, 4.69) is 10.1 Å². The number of rotatable bonds is 5. The first-order valence-electron chi connectivity index (χ1n) is 7.06. The fourth-order valence-electron chi connectivity index (χ4n) is 2.59. The molecule has 0 aromatic heterocycles. The summed E-state index contributed by atoms with van der Waals surface area (Å²) in [4.78, 5) is 23.5. The monoisotopic (exact) mass is 275 g/mol. The molecule has 4 nitrogen and oxygen atoms in total. The lowest BCUT2D eigenvalue weighted by Crippen LogP contribution is -2.31. The van der Waals surface area contributed by atoms with Crippen LogP contribution in [0.1, 0.15) is 48.0 Å². The molecular formula is C16H21NO3. The number of ether oxygens (including phenoxy) is 1. The molecule has 1 fully saturated rings. The van der Waals surface area contributed by atoms with E-state index in [1.165, 1.54) is 7.11 Å². The minimum atomic E-state index is -0.338. The molecule has 1 N–H and O–H groups in total. The molecule has 1 aromatic rings. The van der Waals surface area contributed by atoms with E-state index in [1.54, 1.807) is 12.1 Å². The predicted octanol–water partition coefficient (Wildman–Crippen LogP) is 2.29. The van der Waals surface area contributed by atoms with Crippen LogP contribution in [0.15, 0.2) is 24.3 Å². The minimum absolute atomic E-state index is 0.0341. The zero-order chi connectivity index (χ0) is 14.5. The lowest BCUT2D eigenvalue weighted by molar-refractivity contribution is -0.121. The number of benzene rings is 1. The van der Waals surface area contributed by atoms with Crippen molar-refractivity contribution in [3.8, 4) is 0 Å². The third-order valence-corrected chi connectivity index (χ3v) is 3.86. The average molecular weight is 275 g/mol. The lowest BCUT2D eigenvalue weighted by atomic mass is 9.92. The number of Topliss-reactive ketones (excluding diaryl/α,β-unsaturated/α-hetero) is 1. The van der Waals surface area contributed by atoms with Crippen molar-refractivity contribution in [1.82, 2.24) is 5.32 Å². The largest absolute Gasteiger partial charge is 0.465 e. The third kappa shape index (κ3) is 3.45. The Morgan fingerprint density at radius 1 is 1.35 bits per heavy atom. The van der Waals surface area contributed by atoms with Gasteiger partial charge in [-0.3, -0.25) is 4.79 Å². The number of hydrogen-bond donors (Lipinski definition) is 1. The van der Waals surface area contributed by atoms with Gasteiger partial charge in [-0.2, -0.15) is 0 Å². The molecule has 0 radical (unpaired) electrons. The molecule has 0 saturated carbocycles. The molecule has 1 saturated heterocycles. The summed E-state index contributed by atoms with van der Waals surface area (Å²) in [6.45, 7) is 2.98. The smallest absolute Gasteiger partial charge is 0.337 e. The van der Waals surface area contributed by atoms with Gasteiger partial charge in [-0.1, -0.05) is 19.1 Å². The molecule has 0 spiro atoms. The number of hydrogen-bond acceptors (Lipinski definition) is 4. The van der Waals surface area contributed by atoms with Gasteiger partial charge in [-0.15, -0.1) is 0 Å². The van der Waals surface area contributed by atoms with Crippen LogP contribution in [0, 0.1) is 0 Å². The third-order valence-electron chi connectivity index (χ3n) is 3.86. The second kappa shape index (κ2) is 6.66. The summed E-state index contributed by atoms with van der Waals surface area (Å²) < 4.78 is 4.67. The summed E-state index contributed by atoms with van der Waals surface area (Å²) in [5.41, 5.74) is 1.61. The van der Waals surface area contributed by atoms with Crippen LogP contribution in [-0.4, -0.2) is 31.4 Å². The summed E-state index contributed by atoms with van der Waals surface area (Å²) >= 11 is 0. The van der Waals surface area contributed by atoms with Crippen molar-refractivity contribution >= 4 is 11.8 Å². The maximum atomic E-state index is 12.1. The molecule has 0 unspecified atom stereocenters. The highest BCUT2D eigenvalue weighted by atomic mass is 16.5. The number of esters is 1. The van der Waals surface area contributed by atoms with Gasteiger partial charge in [0.05, 0.1) is 18.7 Å². The number of methoxy groups -OCH3 is 1. The van der Waals surface area contributed by atoms with E-state index in [4.69, 9.17) is 0 Å². The fourth-order valence-corrected chi connectivity index (χ4v) is 2.59. The number of carbonyl (C=O) groups excluding carboxylic acids is 2. The quantitative estimate of drug-likeness (QED) is 0.838. The van der Waals surface area contributed by atoms with E-state index >= 15 is 0 Å². The van der Waals surface area contributed by atoms with Gasteiger partial charge < -0.3 is 10.1 Å². The van der Waals surface area contributed by atoms with E-state index in [9.17, 15) is 9.59 Å². The highest BCUT2D eigenvalue weighted by molar-refractivity contribution is 5.89. The molecule has 2 rings (SSSR count). The Labute approximate surface area is 119 Å². The first-order valence-corrected chi connectivity index (χ1v) is 7.06. The SMILES string of the molecule is COC(=O)c1ccc([C@H](C)CC(=O)[C@H]2CCCN2)cc1. The van der Waals surface area contributed by atoms with E-state index in [1.807, 2.05) is 19.1 Å². The Hall–Kier alpha value is -1.68. The molecule has 1 heterocycles. The number of carbonyl (C=O) groups is 2. The summed E-state index contributed by atoms with van der Waals surface area (Å²) in [6.07, 6.45) is 2.57.